The van der Waals surface area contributed by atoms with Crippen molar-refractivity contribution in [3.8, 4) is 0 Å². The summed E-state index contributed by atoms with van der Waals surface area (Å²) in [4.78, 5) is 3.67. The Kier molecular flexibility index (Phi) is 7.23. The molecule has 0 bridgehead atoms. The first kappa shape index (κ1) is 24.8. The first-order chi connectivity index (χ1) is 15.4. The highest BCUT2D eigenvalue weighted by molar-refractivity contribution is 7.92. The molecule has 0 saturated heterocycles. The molecule has 3 aromatic carbocycles. The number of benzene rings is 3. The first-order valence-corrected chi connectivity index (χ1v) is 11.4. The van der Waals surface area contributed by atoms with Crippen LogP contribution in [0.2, 0.25) is 10.0 Å². The van der Waals surface area contributed by atoms with Crippen LogP contribution in [0.25, 0.3) is 0 Å². The van der Waals surface area contributed by atoms with Gasteiger partial charge >= 0.3 is 6.18 Å². The lowest BCUT2D eigenvalue weighted by molar-refractivity contribution is -0.137. The van der Waals surface area contributed by atoms with Crippen LogP contribution in [0.1, 0.15) is 11.1 Å². The van der Waals surface area contributed by atoms with Crippen molar-refractivity contribution in [1.29, 1.82) is 0 Å². The summed E-state index contributed by atoms with van der Waals surface area (Å²) in [6.07, 6.45) is -4.69. The molecule has 0 unspecified atom stereocenters. The second-order valence-corrected chi connectivity index (χ2v) is 9.40. The van der Waals surface area contributed by atoms with Gasteiger partial charge in [-0.25, -0.2) is 14.3 Å². The fraction of sp³-hybridized carbons (Fsp3) is 0.0952. The average molecular weight is 517 g/mol. The number of nitrogens with two attached hydrogens (primary N) is 1. The van der Waals surface area contributed by atoms with Crippen molar-refractivity contribution < 1.29 is 21.6 Å². The van der Waals surface area contributed by atoms with E-state index in [-0.39, 0.29) is 22.7 Å². The zero-order valence-corrected chi connectivity index (χ0v) is 19.1. The number of sulfonamides is 1. The van der Waals surface area contributed by atoms with Crippen molar-refractivity contribution in [2.45, 2.75) is 17.6 Å². The number of nitrogens with zero attached hydrogens (tertiary/aromatic N) is 2. The van der Waals surface area contributed by atoms with Gasteiger partial charge in [-0.3, -0.25) is 9.71 Å². The second kappa shape index (κ2) is 9.60. The molecule has 0 saturated carbocycles. The Bertz CT molecular complexity index is 1280. The third kappa shape index (κ3) is 5.97. The summed E-state index contributed by atoms with van der Waals surface area (Å²) in [7, 11) is -4.22. The van der Waals surface area contributed by atoms with Crippen molar-refractivity contribution in [2.24, 2.45) is 10.8 Å². The minimum absolute atomic E-state index is 0.167. The van der Waals surface area contributed by atoms with Crippen molar-refractivity contribution >= 4 is 57.0 Å². The number of hydrogen-bond acceptors (Lipinski definition) is 5. The topological polar surface area (TPSA) is 87.8 Å². The molecule has 12 heteroatoms. The van der Waals surface area contributed by atoms with Crippen LogP contribution < -0.4 is 15.6 Å². The van der Waals surface area contributed by atoms with Crippen LogP contribution in [-0.4, -0.2) is 15.1 Å². The zero-order chi connectivity index (χ0) is 24.4. The van der Waals surface area contributed by atoms with E-state index in [0.717, 1.165) is 12.1 Å². The maximum atomic E-state index is 13.3. The fourth-order valence-corrected chi connectivity index (χ4v) is 4.32. The third-order valence-corrected chi connectivity index (χ3v) is 6.43. The van der Waals surface area contributed by atoms with Crippen LogP contribution in [0.15, 0.2) is 70.6 Å². The van der Waals surface area contributed by atoms with E-state index >= 15 is 0 Å². The molecule has 0 aliphatic carbocycles. The van der Waals surface area contributed by atoms with Crippen LogP contribution in [0, 0.1) is 0 Å². The van der Waals surface area contributed by atoms with Crippen molar-refractivity contribution in [3.63, 3.8) is 0 Å². The summed E-state index contributed by atoms with van der Waals surface area (Å²) in [5.41, 5.74) is -0.399. The molecular formula is C21H17Cl2F3N4O2S. The molecule has 0 aliphatic rings. The normalized spacial score (nSPS) is 11.8. The fourth-order valence-electron chi connectivity index (χ4n) is 2.93. The SMILES string of the molecule is C=Nc1ccc(Cl)cc1N(N)Cc1ccc(C(F)(F)F)cc1NS(=O)(=O)c1ccc(Cl)cc1. The van der Waals surface area contributed by atoms with Gasteiger partial charge in [0.25, 0.3) is 10.0 Å². The van der Waals surface area contributed by atoms with Crippen LogP contribution in [-0.2, 0) is 22.7 Å². The predicted molar refractivity (Wildman–Crippen MR) is 125 cm³/mol. The molecule has 0 heterocycles. The first-order valence-electron chi connectivity index (χ1n) is 9.18. The van der Waals surface area contributed by atoms with E-state index in [1.54, 1.807) is 12.1 Å². The number of anilines is 2. The van der Waals surface area contributed by atoms with Gasteiger partial charge in [-0.15, -0.1) is 0 Å². The highest BCUT2D eigenvalue weighted by atomic mass is 35.5. The van der Waals surface area contributed by atoms with Crippen molar-refractivity contribution in [2.75, 3.05) is 9.73 Å². The van der Waals surface area contributed by atoms with Crippen molar-refractivity contribution in [1.82, 2.24) is 0 Å². The molecule has 0 aromatic heterocycles. The van der Waals surface area contributed by atoms with E-state index in [9.17, 15) is 21.6 Å². The summed E-state index contributed by atoms with van der Waals surface area (Å²) >= 11 is 11.8. The Morgan fingerprint density at radius 2 is 1.64 bits per heavy atom. The third-order valence-electron chi connectivity index (χ3n) is 4.56. The molecule has 6 nitrogen and oxygen atoms in total. The number of hydrogen-bond donors (Lipinski definition) is 2. The van der Waals surface area contributed by atoms with E-state index < -0.39 is 21.8 Å². The highest BCUT2D eigenvalue weighted by Crippen LogP contribution is 2.35. The van der Waals surface area contributed by atoms with Gasteiger partial charge in [0.15, 0.2) is 0 Å². The maximum Gasteiger partial charge on any atom is 0.416 e. The highest BCUT2D eigenvalue weighted by Gasteiger charge is 2.32. The molecule has 3 rings (SSSR count). The van der Waals surface area contributed by atoms with E-state index in [0.29, 0.717) is 27.5 Å². The molecule has 174 valence electrons. The van der Waals surface area contributed by atoms with Gasteiger partial charge in [0.05, 0.1) is 34.1 Å². The van der Waals surface area contributed by atoms with Crippen molar-refractivity contribution in [3.05, 3.63) is 81.8 Å². The molecule has 0 radical (unpaired) electrons. The predicted octanol–water partition coefficient (Wildman–Crippen LogP) is 6.03. The summed E-state index contributed by atoms with van der Waals surface area (Å²) < 4.78 is 67.8. The molecule has 0 spiro atoms. The van der Waals surface area contributed by atoms with Gasteiger partial charge in [-0.1, -0.05) is 29.3 Å². The largest absolute Gasteiger partial charge is 0.416 e. The van der Waals surface area contributed by atoms with E-state index in [1.807, 2.05) is 0 Å². The Hall–Kier alpha value is -2.79. The Labute approximate surface area is 198 Å². The zero-order valence-electron chi connectivity index (χ0n) is 16.8. The van der Waals surface area contributed by atoms with Crippen LogP contribution >= 0.6 is 23.2 Å². The second-order valence-electron chi connectivity index (χ2n) is 6.85. The lowest BCUT2D eigenvalue weighted by Gasteiger charge is -2.23. The number of hydrazine groups is 1. The molecule has 0 amide bonds. The summed E-state index contributed by atoms with van der Waals surface area (Å²) in [6.45, 7) is 3.29. The molecular weight excluding hydrogens is 500 g/mol. The smallest absolute Gasteiger partial charge is 0.304 e. The van der Waals surface area contributed by atoms with E-state index in [4.69, 9.17) is 29.0 Å². The summed E-state index contributed by atoms with van der Waals surface area (Å²) in [6, 6.07) is 12.5. The Balaban J connectivity index is 2.02. The van der Waals surface area contributed by atoms with Gasteiger partial charge in [0, 0.05) is 10.0 Å². The molecule has 33 heavy (non-hydrogen) atoms. The van der Waals surface area contributed by atoms with Gasteiger partial charge in [-0.2, -0.15) is 13.2 Å². The Morgan fingerprint density at radius 1 is 1.00 bits per heavy atom. The monoisotopic (exact) mass is 516 g/mol. The minimum atomic E-state index is -4.69. The molecule has 0 fully saturated rings. The number of halogens is 5. The van der Waals surface area contributed by atoms with Gasteiger partial charge < -0.3 is 5.01 Å². The lowest BCUT2D eigenvalue weighted by Crippen LogP contribution is -2.31. The molecule has 3 N–H and O–H groups in total. The molecule has 0 aliphatic heterocycles. The quantitative estimate of drug-likeness (QED) is 0.228. The summed E-state index contributed by atoms with van der Waals surface area (Å²) in [5, 5.41) is 1.84. The molecule has 3 aromatic rings. The van der Waals surface area contributed by atoms with Crippen LogP contribution in [0.3, 0.4) is 0 Å². The average Bonchev–Trinajstić information content (AvgIpc) is 2.74. The van der Waals surface area contributed by atoms with E-state index in [1.165, 1.54) is 35.3 Å². The van der Waals surface area contributed by atoms with Crippen LogP contribution in [0.5, 0.6) is 0 Å². The number of rotatable bonds is 7. The number of alkyl halides is 3. The molecule has 0 atom stereocenters. The number of nitrogens with one attached hydrogen (secondary N) is 1. The number of aliphatic imine (C=N–C) groups is 1. The lowest BCUT2D eigenvalue weighted by atomic mass is 10.1. The maximum absolute atomic E-state index is 13.3. The van der Waals surface area contributed by atoms with E-state index in [2.05, 4.69) is 16.4 Å². The van der Waals surface area contributed by atoms with Gasteiger partial charge in [-0.05, 0) is 66.9 Å². The standard InChI is InChI=1S/C21H17Cl2F3N4O2S/c1-28-18-9-6-16(23)11-20(18)30(27)12-13-2-3-14(21(24,25)26)10-19(13)29-33(31,32)17-7-4-15(22)5-8-17/h2-11,29H,1,12,27H2. The summed E-state index contributed by atoms with van der Waals surface area (Å²) in [5.74, 6) is 6.13. The van der Waals surface area contributed by atoms with Gasteiger partial charge in [0.1, 0.15) is 0 Å². The minimum Gasteiger partial charge on any atom is -0.304 e. The van der Waals surface area contributed by atoms with Crippen LogP contribution in [0.4, 0.5) is 30.2 Å². The van der Waals surface area contributed by atoms with Gasteiger partial charge in [0.2, 0.25) is 0 Å². The Morgan fingerprint density at radius 3 is 2.24 bits per heavy atom.